The van der Waals surface area contributed by atoms with Crippen molar-refractivity contribution < 1.29 is 0 Å². The molecule has 0 aliphatic heterocycles. The van der Waals surface area contributed by atoms with Gasteiger partial charge in [0, 0.05) is 10.8 Å². The molecule has 15 heavy (non-hydrogen) atoms. The lowest BCUT2D eigenvalue weighted by Gasteiger charge is -2.19. The van der Waals surface area contributed by atoms with Crippen molar-refractivity contribution in [3.05, 3.63) is 57.3 Å². The van der Waals surface area contributed by atoms with Gasteiger partial charge in [0.05, 0.1) is 0 Å². The van der Waals surface area contributed by atoms with Crippen LogP contribution in [0.3, 0.4) is 0 Å². The Morgan fingerprint density at radius 1 is 1.00 bits per heavy atom. The molecule has 0 saturated heterocycles. The fraction of sp³-hybridized carbons (Fsp3) is 0.286. The van der Waals surface area contributed by atoms with E-state index in [9.17, 15) is 0 Å². The maximum Gasteiger partial charge on any atom is 0.0109 e. The van der Waals surface area contributed by atoms with Gasteiger partial charge >= 0.3 is 0 Å². The van der Waals surface area contributed by atoms with Gasteiger partial charge in [-0.15, -0.1) is 11.3 Å². The Morgan fingerprint density at radius 2 is 1.87 bits per heavy atom. The SMILES string of the molecule is c1ccc2c(c1)C1Cc3sccc3C2C1. The van der Waals surface area contributed by atoms with Gasteiger partial charge in [-0.25, -0.2) is 0 Å². The van der Waals surface area contributed by atoms with E-state index in [1.807, 2.05) is 11.3 Å². The van der Waals surface area contributed by atoms with E-state index in [2.05, 4.69) is 35.7 Å². The third kappa shape index (κ3) is 0.967. The summed E-state index contributed by atoms with van der Waals surface area (Å²) in [6, 6.07) is 11.4. The van der Waals surface area contributed by atoms with Gasteiger partial charge in [-0.2, -0.15) is 0 Å². The lowest BCUT2D eigenvalue weighted by atomic mass is 9.86. The van der Waals surface area contributed by atoms with Gasteiger partial charge in [0.2, 0.25) is 0 Å². The van der Waals surface area contributed by atoms with Gasteiger partial charge in [-0.05, 0) is 46.9 Å². The zero-order valence-electron chi connectivity index (χ0n) is 8.44. The molecule has 0 amide bonds. The molecule has 2 atom stereocenters. The number of fused-ring (bicyclic) bond motifs is 7. The molecule has 2 aliphatic carbocycles. The molecule has 1 aromatic heterocycles. The zero-order valence-corrected chi connectivity index (χ0v) is 9.26. The molecule has 0 fully saturated rings. The molecule has 0 radical (unpaired) electrons. The number of thiophene rings is 1. The van der Waals surface area contributed by atoms with Crippen LogP contribution in [0.1, 0.15) is 39.8 Å². The van der Waals surface area contributed by atoms with Gasteiger partial charge in [-0.1, -0.05) is 24.3 Å². The van der Waals surface area contributed by atoms with Crippen molar-refractivity contribution in [2.45, 2.75) is 24.7 Å². The third-order valence-electron chi connectivity index (χ3n) is 3.92. The topological polar surface area (TPSA) is 0 Å². The molecule has 0 spiro atoms. The average molecular weight is 212 g/mol. The molecule has 1 heterocycles. The first-order valence-corrected chi connectivity index (χ1v) is 6.46. The monoisotopic (exact) mass is 212 g/mol. The van der Waals surface area contributed by atoms with Crippen LogP contribution in [0.5, 0.6) is 0 Å². The summed E-state index contributed by atoms with van der Waals surface area (Å²) in [5.41, 5.74) is 4.83. The summed E-state index contributed by atoms with van der Waals surface area (Å²) in [6.07, 6.45) is 2.63. The Labute approximate surface area is 93.6 Å². The van der Waals surface area contributed by atoms with Crippen LogP contribution in [-0.4, -0.2) is 0 Å². The van der Waals surface area contributed by atoms with E-state index in [0.717, 1.165) is 5.92 Å². The van der Waals surface area contributed by atoms with Crippen LogP contribution in [0.25, 0.3) is 0 Å². The van der Waals surface area contributed by atoms with E-state index in [1.54, 1.807) is 21.6 Å². The first-order chi connectivity index (χ1) is 7.43. The second-order valence-electron chi connectivity index (χ2n) is 4.62. The highest BCUT2D eigenvalue weighted by Crippen LogP contribution is 2.52. The van der Waals surface area contributed by atoms with Gasteiger partial charge in [-0.3, -0.25) is 0 Å². The maximum absolute atomic E-state index is 2.34. The van der Waals surface area contributed by atoms with Crippen LogP contribution in [0, 0.1) is 0 Å². The molecule has 0 saturated carbocycles. The summed E-state index contributed by atoms with van der Waals surface area (Å²) in [5.74, 6) is 1.51. The molecular weight excluding hydrogens is 200 g/mol. The molecule has 2 unspecified atom stereocenters. The van der Waals surface area contributed by atoms with Crippen molar-refractivity contribution in [3.63, 3.8) is 0 Å². The van der Waals surface area contributed by atoms with Crippen molar-refractivity contribution in [2.75, 3.05) is 0 Å². The van der Waals surface area contributed by atoms with Crippen molar-refractivity contribution >= 4 is 11.3 Å². The molecule has 2 bridgehead atoms. The van der Waals surface area contributed by atoms with Crippen molar-refractivity contribution in [1.82, 2.24) is 0 Å². The Kier molecular flexibility index (Phi) is 1.48. The average Bonchev–Trinajstić information content (AvgIpc) is 2.85. The third-order valence-corrected chi connectivity index (χ3v) is 4.88. The summed E-state index contributed by atoms with van der Waals surface area (Å²) in [5, 5.41) is 2.26. The molecule has 4 rings (SSSR count). The highest BCUT2D eigenvalue weighted by molar-refractivity contribution is 7.10. The van der Waals surface area contributed by atoms with Crippen molar-refractivity contribution in [2.24, 2.45) is 0 Å². The predicted octanol–water partition coefficient (Wildman–Crippen LogP) is 3.92. The van der Waals surface area contributed by atoms with E-state index >= 15 is 0 Å². The number of hydrogen-bond donors (Lipinski definition) is 0. The predicted molar refractivity (Wildman–Crippen MR) is 63.7 cm³/mol. The van der Waals surface area contributed by atoms with Crippen LogP contribution >= 0.6 is 11.3 Å². The Bertz CT molecular complexity index is 524. The first kappa shape index (κ1) is 8.12. The van der Waals surface area contributed by atoms with Crippen LogP contribution in [0.15, 0.2) is 35.7 Å². The van der Waals surface area contributed by atoms with E-state index in [1.165, 1.54) is 12.8 Å². The largest absolute Gasteiger partial charge is 0.149 e. The summed E-state index contributed by atoms with van der Waals surface area (Å²) in [4.78, 5) is 1.63. The minimum atomic E-state index is 0.709. The van der Waals surface area contributed by atoms with Gasteiger partial charge < -0.3 is 0 Å². The van der Waals surface area contributed by atoms with Crippen LogP contribution in [-0.2, 0) is 6.42 Å². The minimum absolute atomic E-state index is 0.709. The summed E-state index contributed by atoms with van der Waals surface area (Å²) in [6.45, 7) is 0. The standard InChI is InChI=1S/C14H12S/c1-2-4-11-10(3-1)9-7-13(11)12-5-6-15-14(12)8-9/h1-6,9,13H,7-8H2. The van der Waals surface area contributed by atoms with Gasteiger partial charge in [0.15, 0.2) is 0 Å². The summed E-state index contributed by atoms with van der Waals surface area (Å²) >= 11 is 1.94. The molecule has 1 aromatic carbocycles. The normalized spacial score (nSPS) is 26.1. The number of rotatable bonds is 0. The van der Waals surface area contributed by atoms with Gasteiger partial charge in [0.1, 0.15) is 0 Å². The lowest BCUT2D eigenvalue weighted by molar-refractivity contribution is 0.601. The van der Waals surface area contributed by atoms with E-state index in [-0.39, 0.29) is 0 Å². The Hall–Kier alpha value is -1.08. The second-order valence-corrected chi connectivity index (χ2v) is 5.62. The Balaban J connectivity index is 1.99. The van der Waals surface area contributed by atoms with Crippen LogP contribution in [0.4, 0.5) is 0 Å². The molecule has 2 aliphatic rings. The number of benzene rings is 1. The van der Waals surface area contributed by atoms with Crippen LogP contribution < -0.4 is 0 Å². The summed E-state index contributed by atoms with van der Waals surface area (Å²) < 4.78 is 0. The quantitative estimate of drug-likeness (QED) is 0.621. The van der Waals surface area contributed by atoms with Crippen LogP contribution in [0.2, 0.25) is 0 Å². The lowest BCUT2D eigenvalue weighted by Crippen LogP contribution is -2.06. The first-order valence-electron chi connectivity index (χ1n) is 5.58. The second kappa shape index (κ2) is 2.73. The summed E-state index contributed by atoms with van der Waals surface area (Å²) in [7, 11) is 0. The highest BCUT2D eigenvalue weighted by atomic mass is 32.1. The van der Waals surface area contributed by atoms with Crippen molar-refractivity contribution in [3.8, 4) is 0 Å². The Morgan fingerprint density at radius 3 is 2.80 bits per heavy atom. The fourth-order valence-electron chi connectivity index (χ4n) is 3.28. The smallest absolute Gasteiger partial charge is 0.0109 e. The maximum atomic E-state index is 2.34. The van der Waals surface area contributed by atoms with Gasteiger partial charge in [0.25, 0.3) is 0 Å². The minimum Gasteiger partial charge on any atom is -0.149 e. The molecule has 1 heteroatoms. The molecule has 0 nitrogen and oxygen atoms in total. The molecular formula is C14H12S. The van der Waals surface area contributed by atoms with E-state index < -0.39 is 0 Å². The highest BCUT2D eigenvalue weighted by Gasteiger charge is 2.37. The van der Waals surface area contributed by atoms with Crippen molar-refractivity contribution in [1.29, 1.82) is 0 Å². The fourth-order valence-corrected chi connectivity index (χ4v) is 4.30. The van der Waals surface area contributed by atoms with E-state index in [0.29, 0.717) is 5.92 Å². The van der Waals surface area contributed by atoms with E-state index in [4.69, 9.17) is 0 Å². The molecule has 0 N–H and O–H groups in total. The zero-order chi connectivity index (χ0) is 9.83. The molecule has 74 valence electrons. The molecule has 2 aromatic rings. The number of hydrogen-bond acceptors (Lipinski definition) is 1.